The van der Waals surface area contributed by atoms with Gasteiger partial charge in [-0.2, -0.15) is 0 Å². The largest absolute Gasteiger partial charge is 0.381 e. The summed E-state index contributed by atoms with van der Waals surface area (Å²) in [5, 5.41) is 3.39. The van der Waals surface area contributed by atoms with Crippen LogP contribution < -0.4 is 5.32 Å². The van der Waals surface area contributed by atoms with Crippen LogP contribution in [0.1, 0.15) is 71.6 Å². The maximum Gasteiger partial charge on any atom is 0.155 e. The van der Waals surface area contributed by atoms with Gasteiger partial charge >= 0.3 is 0 Å². The van der Waals surface area contributed by atoms with Gasteiger partial charge in [-0.1, -0.05) is 25.1 Å². The molecule has 5 rings (SSSR count). The molecule has 3 heteroatoms. The van der Waals surface area contributed by atoms with E-state index in [1.54, 1.807) is 0 Å². The normalized spacial score (nSPS) is 40.8. The first kappa shape index (κ1) is 22.4. The molecule has 0 saturated heterocycles. The Morgan fingerprint density at radius 2 is 1.81 bits per heavy atom. The predicted octanol–water partition coefficient (Wildman–Crippen LogP) is 6.59. The summed E-state index contributed by atoms with van der Waals surface area (Å²) in [5.41, 5.74) is 1.29. The molecule has 0 heterocycles. The van der Waals surface area contributed by atoms with Gasteiger partial charge in [0.15, 0.2) is 5.78 Å². The molecule has 0 bridgehead atoms. The second kappa shape index (κ2) is 9.49. The molecule has 4 aliphatic carbocycles. The van der Waals surface area contributed by atoms with Crippen molar-refractivity contribution in [3.8, 4) is 0 Å². The zero-order valence-electron chi connectivity index (χ0n) is 20.2. The molecule has 8 atom stereocenters. The Hall–Kier alpha value is -1.35. The van der Waals surface area contributed by atoms with Crippen LogP contribution in [-0.4, -0.2) is 25.5 Å². The number of fused-ring (bicyclic) bond motifs is 5. The van der Waals surface area contributed by atoms with Crippen molar-refractivity contribution >= 4 is 11.5 Å². The summed E-state index contributed by atoms with van der Waals surface area (Å²) < 4.78 is 5.77. The van der Waals surface area contributed by atoms with Gasteiger partial charge in [0, 0.05) is 24.8 Å². The van der Waals surface area contributed by atoms with Gasteiger partial charge in [-0.15, -0.1) is 0 Å². The van der Waals surface area contributed by atoms with Gasteiger partial charge in [-0.25, -0.2) is 0 Å². The standard InChI is InChI=1S/C29H43NO2/c1-3-32-19-20-9-11-23-21(17-20)10-12-25-24(23)15-16-29(2)26(25)13-14-27(29)28(31)18-30-22-7-5-4-6-8-22/h4-8,20-21,23-27,30H,3,9-19H2,1-2H3/t20-,21?,23?,24?,25?,26?,27+,29?/m0/s1. The quantitative estimate of drug-likeness (QED) is 0.523. The van der Waals surface area contributed by atoms with Gasteiger partial charge in [0.2, 0.25) is 0 Å². The highest BCUT2D eigenvalue weighted by Gasteiger charge is 2.58. The number of hydrogen-bond acceptors (Lipinski definition) is 3. The van der Waals surface area contributed by atoms with E-state index in [0.29, 0.717) is 12.3 Å². The minimum atomic E-state index is 0.232. The third-order valence-electron chi connectivity index (χ3n) is 10.2. The van der Waals surface area contributed by atoms with Crippen LogP contribution in [0.25, 0.3) is 0 Å². The second-order valence-corrected chi connectivity index (χ2v) is 11.6. The van der Waals surface area contributed by atoms with Gasteiger partial charge in [0.1, 0.15) is 0 Å². The molecule has 4 saturated carbocycles. The maximum absolute atomic E-state index is 13.3. The van der Waals surface area contributed by atoms with Gasteiger partial charge in [-0.05, 0) is 118 Å². The lowest BCUT2D eigenvalue weighted by atomic mass is 9.49. The predicted molar refractivity (Wildman–Crippen MR) is 131 cm³/mol. The third-order valence-corrected chi connectivity index (χ3v) is 10.2. The number of ether oxygens (including phenoxy) is 1. The summed E-state index contributed by atoms with van der Waals surface area (Å²) in [7, 11) is 0. The number of benzene rings is 1. The fourth-order valence-corrected chi connectivity index (χ4v) is 8.78. The average Bonchev–Trinajstić information content (AvgIpc) is 3.19. The number of anilines is 1. The summed E-state index contributed by atoms with van der Waals surface area (Å²) in [4.78, 5) is 13.3. The van der Waals surface area contributed by atoms with E-state index >= 15 is 0 Å². The summed E-state index contributed by atoms with van der Waals surface area (Å²) in [6, 6.07) is 10.2. The van der Waals surface area contributed by atoms with Crippen molar-refractivity contribution in [3.63, 3.8) is 0 Å². The third kappa shape index (κ3) is 4.15. The molecule has 0 radical (unpaired) electrons. The minimum Gasteiger partial charge on any atom is -0.381 e. The van der Waals surface area contributed by atoms with Crippen LogP contribution in [0.4, 0.5) is 5.69 Å². The maximum atomic E-state index is 13.3. The Kier molecular flexibility index (Phi) is 6.65. The minimum absolute atomic E-state index is 0.232. The number of ketones is 1. The fourth-order valence-electron chi connectivity index (χ4n) is 8.78. The molecule has 0 aliphatic heterocycles. The van der Waals surface area contributed by atoms with E-state index < -0.39 is 0 Å². The molecule has 4 fully saturated rings. The van der Waals surface area contributed by atoms with Crippen molar-refractivity contribution < 1.29 is 9.53 Å². The SMILES string of the molecule is CCOC[C@H]1CCC2C(CCC3C2CCC2(C)C3CC[C@@H]2C(=O)CNc2ccccc2)C1. The highest BCUT2D eigenvalue weighted by molar-refractivity contribution is 5.86. The van der Waals surface area contributed by atoms with Crippen molar-refractivity contribution in [1.82, 2.24) is 0 Å². The lowest BCUT2D eigenvalue weighted by Gasteiger charge is -2.56. The Balaban J connectivity index is 1.22. The molecule has 0 spiro atoms. The van der Waals surface area contributed by atoms with Gasteiger partial charge in [-0.3, -0.25) is 4.79 Å². The molecule has 3 nitrogen and oxygen atoms in total. The second-order valence-electron chi connectivity index (χ2n) is 11.6. The monoisotopic (exact) mass is 437 g/mol. The number of hydrogen-bond donors (Lipinski definition) is 1. The van der Waals surface area contributed by atoms with Crippen LogP contribution in [0.2, 0.25) is 0 Å². The fraction of sp³-hybridized carbons (Fsp3) is 0.759. The Morgan fingerprint density at radius 3 is 2.62 bits per heavy atom. The Labute approximate surface area is 195 Å². The molecule has 176 valence electrons. The highest BCUT2D eigenvalue weighted by Crippen LogP contribution is 2.64. The molecule has 4 aliphatic rings. The van der Waals surface area contributed by atoms with Crippen molar-refractivity contribution in [2.45, 2.75) is 71.6 Å². The van der Waals surface area contributed by atoms with E-state index in [-0.39, 0.29) is 11.3 Å². The van der Waals surface area contributed by atoms with Crippen LogP contribution in [0.15, 0.2) is 30.3 Å². The summed E-state index contributed by atoms with van der Waals surface area (Å²) in [6.45, 7) is 6.92. The van der Waals surface area contributed by atoms with E-state index in [9.17, 15) is 4.79 Å². The zero-order valence-corrected chi connectivity index (χ0v) is 20.2. The van der Waals surface area contributed by atoms with Crippen LogP contribution in [0.3, 0.4) is 0 Å². The lowest BCUT2D eigenvalue weighted by Crippen LogP contribution is -2.49. The molecular weight excluding hydrogens is 394 g/mol. The van der Waals surface area contributed by atoms with Gasteiger partial charge in [0.25, 0.3) is 0 Å². The number of carbonyl (C=O) groups is 1. The number of nitrogens with one attached hydrogen (secondary N) is 1. The lowest BCUT2D eigenvalue weighted by molar-refractivity contribution is -0.128. The molecule has 1 N–H and O–H groups in total. The van der Waals surface area contributed by atoms with Crippen LogP contribution in [0, 0.1) is 46.8 Å². The zero-order chi connectivity index (χ0) is 22.1. The van der Waals surface area contributed by atoms with Crippen LogP contribution in [0.5, 0.6) is 0 Å². The van der Waals surface area contributed by atoms with Gasteiger partial charge in [0.05, 0.1) is 6.54 Å². The van der Waals surface area contributed by atoms with Crippen molar-refractivity contribution in [2.75, 3.05) is 25.1 Å². The summed E-state index contributed by atoms with van der Waals surface area (Å²) in [5.74, 6) is 5.96. The van der Waals surface area contributed by atoms with E-state index in [4.69, 9.17) is 4.74 Å². The average molecular weight is 438 g/mol. The van der Waals surface area contributed by atoms with Crippen LogP contribution in [-0.2, 0) is 9.53 Å². The Morgan fingerprint density at radius 1 is 1.00 bits per heavy atom. The van der Waals surface area contributed by atoms with Crippen molar-refractivity contribution in [2.24, 2.45) is 46.8 Å². The number of rotatable bonds is 7. The van der Waals surface area contributed by atoms with Crippen molar-refractivity contribution in [3.05, 3.63) is 30.3 Å². The molecule has 0 amide bonds. The van der Waals surface area contributed by atoms with Crippen molar-refractivity contribution in [1.29, 1.82) is 0 Å². The van der Waals surface area contributed by atoms with E-state index in [1.807, 2.05) is 18.2 Å². The number of Topliss-reactive ketones (excluding diaryl/α,β-unsaturated/α-hetero) is 1. The van der Waals surface area contributed by atoms with Crippen LogP contribution >= 0.6 is 0 Å². The Bertz CT molecular complexity index is 779. The van der Waals surface area contributed by atoms with Gasteiger partial charge < -0.3 is 10.1 Å². The molecule has 6 unspecified atom stereocenters. The van der Waals surface area contributed by atoms with E-state index in [2.05, 4.69) is 31.3 Å². The molecule has 1 aromatic rings. The number of carbonyl (C=O) groups excluding carboxylic acids is 1. The van der Waals surface area contributed by atoms with E-state index in [0.717, 1.165) is 60.8 Å². The van der Waals surface area contributed by atoms with E-state index in [1.165, 1.54) is 51.4 Å². The molecule has 32 heavy (non-hydrogen) atoms. The molecule has 1 aromatic carbocycles. The first-order chi connectivity index (χ1) is 15.6. The smallest absolute Gasteiger partial charge is 0.155 e. The summed E-state index contributed by atoms with van der Waals surface area (Å²) >= 11 is 0. The highest BCUT2D eigenvalue weighted by atomic mass is 16.5. The molecule has 0 aromatic heterocycles. The first-order valence-electron chi connectivity index (χ1n) is 13.5. The first-order valence-corrected chi connectivity index (χ1v) is 13.5. The summed E-state index contributed by atoms with van der Waals surface area (Å²) in [6.07, 6.45) is 12.1. The molecular formula is C29H43NO2. The number of para-hydroxylation sites is 1. The topological polar surface area (TPSA) is 38.3 Å².